The molecular weight excluding hydrogens is 505 g/mol. The van der Waals surface area contributed by atoms with E-state index in [9.17, 15) is 18.0 Å². The second-order valence-electron chi connectivity index (χ2n) is 11.2. The molecule has 0 bridgehead atoms. The van der Waals surface area contributed by atoms with Crippen LogP contribution in [0, 0.1) is 5.41 Å². The van der Waals surface area contributed by atoms with E-state index < -0.39 is 6.36 Å². The number of imidazole rings is 1. The highest BCUT2D eigenvalue weighted by atomic mass is 19.4. The number of fused-ring (bicyclic) bond motifs is 1. The number of hydrogen-bond donors (Lipinski definition) is 1. The number of nitrogens with zero attached hydrogens (tertiary/aromatic N) is 3. The number of aryl methyl sites for hydroxylation is 2. The van der Waals surface area contributed by atoms with Crippen LogP contribution in [0.15, 0.2) is 48.5 Å². The lowest BCUT2D eigenvalue weighted by Gasteiger charge is -2.60. The normalized spacial score (nSPS) is 18.3. The van der Waals surface area contributed by atoms with Crippen molar-refractivity contribution in [1.82, 2.24) is 14.9 Å². The molecular formula is C30H33F3N4O2. The largest absolute Gasteiger partial charge is 0.573 e. The fourth-order valence-corrected chi connectivity index (χ4v) is 6.50. The van der Waals surface area contributed by atoms with E-state index in [1.54, 1.807) is 12.1 Å². The third-order valence-corrected chi connectivity index (χ3v) is 8.45. The first-order valence-corrected chi connectivity index (χ1v) is 13.8. The van der Waals surface area contributed by atoms with Gasteiger partial charge in [-0.2, -0.15) is 0 Å². The Bertz CT molecular complexity index is 1330. The first kappa shape index (κ1) is 25.8. The molecule has 6 rings (SSSR count). The molecule has 1 aromatic heterocycles. The maximum atomic E-state index is 13.0. The Kier molecular flexibility index (Phi) is 6.55. The maximum absolute atomic E-state index is 13.0. The number of nitrogens with one attached hydrogen (secondary N) is 1. The van der Waals surface area contributed by atoms with Gasteiger partial charge in [-0.15, -0.1) is 13.2 Å². The topological polar surface area (TPSA) is 59.4 Å². The second kappa shape index (κ2) is 9.92. The summed E-state index contributed by atoms with van der Waals surface area (Å²) in [5.41, 5.74) is 5.20. The monoisotopic (exact) mass is 538 g/mol. The maximum Gasteiger partial charge on any atom is 0.573 e. The Morgan fingerprint density at radius 3 is 2.46 bits per heavy atom. The minimum Gasteiger partial charge on any atom is -0.406 e. The van der Waals surface area contributed by atoms with E-state index in [2.05, 4.69) is 43.8 Å². The molecule has 1 saturated heterocycles. The quantitative estimate of drug-likeness (QED) is 0.401. The zero-order chi connectivity index (χ0) is 27.2. The summed E-state index contributed by atoms with van der Waals surface area (Å²) in [5.74, 6) is 1.19. The van der Waals surface area contributed by atoms with Gasteiger partial charge in [0.1, 0.15) is 17.3 Å². The van der Waals surface area contributed by atoms with Crippen molar-refractivity contribution in [3.8, 4) is 5.75 Å². The van der Waals surface area contributed by atoms with Crippen LogP contribution in [0.25, 0.3) is 0 Å². The molecule has 206 valence electrons. The fourth-order valence-electron chi connectivity index (χ4n) is 6.50. The molecule has 2 aromatic carbocycles. The molecule has 2 aliphatic heterocycles. The molecule has 0 unspecified atom stereocenters. The lowest BCUT2D eigenvalue weighted by atomic mass is 9.56. The summed E-state index contributed by atoms with van der Waals surface area (Å²) in [6, 6.07) is 14.7. The molecule has 1 saturated carbocycles. The molecule has 0 atom stereocenters. The third-order valence-electron chi connectivity index (χ3n) is 8.45. The van der Waals surface area contributed by atoms with E-state index in [0.717, 1.165) is 86.5 Å². The second-order valence-corrected chi connectivity index (χ2v) is 11.2. The van der Waals surface area contributed by atoms with Crippen LogP contribution >= 0.6 is 0 Å². The number of halogens is 3. The number of carbonyl (C=O) groups is 1. The van der Waals surface area contributed by atoms with Gasteiger partial charge < -0.3 is 19.5 Å². The zero-order valence-electron chi connectivity index (χ0n) is 22.1. The number of hydrogen-bond acceptors (Lipinski definition) is 4. The van der Waals surface area contributed by atoms with E-state index in [-0.39, 0.29) is 11.7 Å². The molecule has 0 radical (unpaired) electrons. The number of alkyl halides is 3. The van der Waals surface area contributed by atoms with Crippen molar-refractivity contribution in [3.63, 3.8) is 0 Å². The van der Waals surface area contributed by atoms with Crippen molar-refractivity contribution in [2.75, 3.05) is 18.0 Å². The van der Waals surface area contributed by atoms with E-state index in [4.69, 9.17) is 4.98 Å². The van der Waals surface area contributed by atoms with Crippen LogP contribution in [0.1, 0.15) is 71.7 Å². The van der Waals surface area contributed by atoms with Crippen molar-refractivity contribution >= 4 is 11.6 Å². The zero-order valence-corrected chi connectivity index (χ0v) is 22.1. The Hall–Kier alpha value is -3.49. The summed E-state index contributed by atoms with van der Waals surface area (Å²) in [7, 11) is 0. The van der Waals surface area contributed by atoms with Crippen molar-refractivity contribution < 1.29 is 22.7 Å². The third kappa shape index (κ3) is 5.23. The Balaban J connectivity index is 0.989. The highest BCUT2D eigenvalue weighted by Gasteiger charge is 2.52. The van der Waals surface area contributed by atoms with E-state index in [1.165, 1.54) is 17.8 Å². The first-order chi connectivity index (χ1) is 18.7. The van der Waals surface area contributed by atoms with E-state index in [0.29, 0.717) is 17.9 Å². The summed E-state index contributed by atoms with van der Waals surface area (Å²) in [5, 5.41) is 3.09. The van der Waals surface area contributed by atoms with Crippen LogP contribution in [0.3, 0.4) is 0 Å². The van der Waals surface area contributed by atoms with Crippen molar-refractivity contribution in [2.24, 2.45) is 5.41 Å². The van der Waals surface area contributed by atoms with Crippen LogP contribution in [-0.4, -0.2) is 34.9 Å². The lowest BCUT2D eigenvalue weighted by Crippen LogP contribution is -2.61. The smallest absolute Gasteiger partial charge is 0.406 e. The summed E-state index contributed by atoms with van der Waals surface area (Å²) in [6.07, 6.45) is 1.33. The number of ether oxygens (including phenoxy) is 1. The number of carbonyl (C=O) groups excluding carboxylic acids is 1. The first-order valence-electron chi connectivity index (χ1n) is 13.8. The van der Waals surface area contributed by atoms with E-state index in [1.807, 2.05) is 6.92 Å². The molecule has 9 heteroatoms. The average Bonchev–Trinajstić information content (AvgIpc) is 3.25. The summed E-state index contributed by atoms with van der Waals surface area (Å²) in [6.45, 7) is 5.35. The molecule has 1 amide bonds. The van der Waals surface area contributed by atoms with Crippen LogP contribution in [0.4, 0.5) is 18.9 Å². The van der Waals surface area contributed by atoms with Crippen LogP contribution < -0.4 is 15.0 Å². The summed E-state index contributed by atoms with van der Waals surface area (Å²) >= 11 is 0. The van der Waals surface area contributed by atoms with Gasteiger partial charge in [0.05, 0.1) is 5.69 Å². The Morgan fingerprint density at radius 2 is 1.79 bits per heavy atom. The highest BCUT2D eigenvalue weighted by molar-refractivity contribution is 5.94. The fraction of sp³-hybridized carbons (Fsp3) is 0.467. The number of amides is 1. The van der Waals surface area contributed by atoms with Gasteiger partial charge in [-0.3, -0.25) is 4.79 Å². The lowest BCUT2D eigenvalue weighted by molar-refractivity contribution is -0.274. The van der Waals surface area contributed by atoms with Gasteiger partial charge in [-0.05, 0) is 73.4 Å². The van der Waals surface area contributed by atoms with Gasteiger partial charge in [-0.25, -0.2) is 4.98 Å². The van der Waals surface area contributed by atoms with Gasteiger partial charge in [0.25, 0.3) is 5.91 Å². The van der Waals surface area contributed by atoms with Crippen LogP contribution in [0.2, 0.25) is 0 Å². The predicted molar refractivity (Wildman–Crippen MR) is 142 cm³/mol. The van der Waals surface area contributed by atoms with Crippen LogP contribution in [-0.2, 0) is 25.9 Å². The van der Waals surface area contributed by atoms with Gasteiger partial charge >= 0.3 is 6.36 Å². The molecule has 1 N–H and O–H groups in total. The van der Waals surface area contributed by atoms with Crippen molar-refractivity contribution in [2.45, 2.75) is 70.8 Å². The Labute approximate surface area is 226 Å². The van der Waals surface area contributed by atoms with Gasteiger partial charge in [0, 0.05) is 43.7 Å². The average molecular weight is 539 g/mol. The predicted octanol–water partition coefficient (Wildman–Crippen LogP) is 5.99. The SMILES string of the molecule is CCc1nc2n(c1C(=O)NCc1ccc(N3CC4(CC(c5ccc(OC(F)(F)F)cc5)C4)C3)cc1)CCCC2. The van der Waals surface area contributed by atoms with Crippen LogP contribution in [0.5, 0.6) is 5.75 Å². The number of anilines is 1. The molecule has 2 fully saturated rings. The van der Waals surface area contributed by atoms with Crippen molar-refractivity contribution in [3.05, 3.63) is 76.9 Å². The summed E-state index contributed by atoms with van der Waals surface area (Å²) in [4.78, 5) is 20.1. The number of aromatic nitrogens is 2. The number of rotatable bonds is 7. The standard InChI is InChI=1S/C30H33F3N4O2/c1-2-25-27(37-14-4-3-5-26(37)35-25)28(38)34-17-20-6-10-23(11-7-20)36-18-29(19-36)15-22(16-29)21-8-12-24(13-9-21)39-30(31,32)33/h6-13,22H,2-5,14-19H2,1H3,(H,34,38). The van der Waals surface area contributed by atoms with Crippen molar-refractivity contribution in [1.29, 1.82) is 0 Å². The highest BCUT2D eigenvalue weighted by Crippen LogP contribution is 2.56. The number of benzene rings is 2. The minimum atomic E-state index is -4.66. The van der Waals surface area contributed by atoms with Gasteiger partial charge in [0.2, 0.25) is 0 Å². The summed E-state index contributed by atoms with van der Waals surface area (Å²) < 4.78 is 43.2. The molecule has 3 aliphatic rings. The molecule has 6 nitrogen and oxygen atoms in total. The molecule has 3 heterocycles. The van der Waals surface area contributed by atoms with Gasteiger partial charge in [-0.1, -0.05) is 31.2 Å². The Morgan fingerprint density at radius 1 is 1.08 bits per heavy atom. The molecule has 39 heavy (non-hydrogen) atoms. The minimum absolute atomic E-state index is 0.0525. The molecule has 1 spiro atoms. The van der Waals surface area contributed by atoms with E-state index >= 15 is 0 Å². The molecule has 3 aromatic rings. The molecule has 1 aliphatic carbocycles. The van der Waals surface area contributed by atoms with Gasteiger partial charge in [0.15, 0.2) is 0 Å².